The zero-order valence-corrected chi connectivity index (χ0v) is 13.7. The van der Waals surface area contributed by atoms with E-state index < -0.39 is 0 Å². The van der Waals surface area contributed by atoms with Crippen molar-refractivity contribution in [2.45, 2.75) is 50.1 Å². The molecule has 2 aliphatic heterocycles. The molecule has 114 valence electrons. The SMILES string of the molecule is CCC1NC(c2ccccc2)C(=O)N1CC1(C)CCCS1. The van der Waals surface area contributed by atoms with Gasteiger partial charge in [-0.3, -0.25) is 10.1 Å². The fraction of sp³-hybridized carbons (Fsp3) is 0.588. The number of hydrogen-bond donors (Lipinski definition) is 1. The molecule has 2 aliphatic rings. The summed E-state index contributed by atoms with van der Waals surface area (Å²) in [5.74, 6) is 1.46. The van der Waals surface area contributed by atoms with Crippen molar-refractivity contribution >= 4 is 17.7 Å². The van der Waals surface area contributed by atoms with Crippen LogP contribution < -0.4 is 5.32 Å². The van der Waals surface area contributed by atoms with E-state index in [-0.39, 0.29) is 22.9 Å². The fourth-order valence-corrected chi connectivity index (χ4v) is 4.71. The Kier molecular flexibility index (Phi) is 4.27. The van der Waals surface area contributed by atoms with E-state index in [0.29, 0.717) is 0 Å². The van der Waals surface area contributed by atoms with Gasteiger partial charge in [-0.25, -0.2) is 0 Å². The molecule has 0 saturated carbocycles. The summed E-state index contributed by atoms with van der Waals surface area (Å²) in [5, 5.41) is 3.52. The number of carbonyl (C=O) groups is 1. The van der Waals surface area contributed by atoms with Gasteiger partial charge in [0.15, 0.2) is 0 Å². The zero-order valence-electron chi connectivity index (χ0n) is 12.8. The lowest BCUT2D eigenvalue weighted by molar-refractivity contribution is -0.130. The van der Waals surface area contributed by atoms with Crippen LogP contribution in [0.15, 0.2) is 30.3 Å². The van der Waals surface area contributed by atoms with Crippen molar-refractivity contribution in [2.75, 3.05) is 12.3 Å². The van der Waals surface area contributed by atoms with E-state index in [2.05, 4.69) is 24.1 Å². The van der Waals surface area contributed by atoms with Crippen LogP contribution in [0.1, 0.15) is 44.7 Å². The molecule has 4 heteroatoms. The van der Waals surface area contributed by atoms with Crippen LogP contribution >= 0.6 is 11.8 Å². The first-order chi connectivity index (χ1) is 10.1. The maximum Gasteiger partial charge on any atom is 0.245 e. The van der Waals surface area contributed by atoms with Gasteiger partial charge in [-0.05, 0) is 37.5 Å². The summed E-state index contributed by atoms with van der Waals surface area (Å²) < 4.78 is 0.232. The Hall–Kier alpha value is -1.00. The van der Waals surface area contributed by atoms with Gasteiger partial charge in [0.2, 0.25) is 5.91 Å². The second kappa shape index (κ2) is 6.01. The summed E-state index contributed by atoms with van der Waals surface area (Å²) >= 11 is 2.02. The summed E-state index contributed by atoms with van der Waals surface area (Å²) in [7, 11) is 0. The minimum atomic E-state index is -0.175. The molecule has 3 atom stereocenters. The number of nitrogens with one attached hydrogen (secondary N) is 1. The molecule has 21 heavy (non-hydrogen) atoms. The number of rotatable bonds is 4. The first-order valence-electron chi connectivity index (χ1n) is 7.88. The van der Waals surface area contributed by atoms with Crippen LogP contribution in [0.3, 0.4) is 0 Å². The molecule has 0 bridgehead atoms. The quantitative estimate of drug-likeness (QED) is 0.927. The molecule has 0 aromatic heterocycles. The van der Waals surface area contributed by atoms with Crippen LogP contribution in [0.4, 0.5) is 0 Å². The Morgan fingerprint density at radius 2 is 2.14 bits per heavy atom. The molecule has 1 aromatic carbocycles. The minimum absolute atomic E-state index is 0.167. The fourth-order valence-electron chi connectivity index (χ4n) is 3.41. The van der Waals surface area contributed by atoms with Crippen molar-refractivity contribution in [3.8, 4) is 0 Å². The Morgan fingerprint density at radius 3 is 2.76 bits per heavy atom. The van der Waals surface area contributed by atoms with E-state index in [4.69, 9.17) is 0 Å². The predicted octanol–water partition coefficient (Wildman–Crippen LogP) is 3.18. The van der Waals surface area contributed by atoms with Crippen LogP contribution in [0.25, 0.3) is 0 Å². The third kappa shape index (κ3) is 2.97. The van der Waals surface area contributed by atoms with E-state index in [1.54, 1.807) is 0 Å². The lowest BCUT2D eigenvalue weighted by Gasteiger charge is -2.32. The van der Waals surface area contributed by atoms with Gasteiger partial charge in [-0.1, -0.05) is 37.3 Å². The van der Waals surface area contributed by atoms with Gasteiger partial charge >= 0.3 is 0 Å². The van der Waals surface area contributed by atoms with Crippen molar-refractivity contribution in [1.29, 1.82) is 0 Å². The summed E-state index contributed by atoms with van der Waals surface area (Å²) in [4.78, 5) is 14.9. The second-order valence-electron chi connectivity index (χ2n) is 6.30. The topological polar surface area (TPSA) is 32.3 Å². The largest absolute Gasteiger partial charge is 0.324 e. The summed E-state index contributed by atoms with van der Waals surface area (Å²) in [6.45, 7) is 5.32. The Bertz CT molecular complexity index is 499. The molecule has 1 amide bonds. The highest BCUT2D eigenvalue weighted by Crippen LogP contribution is 2.40. The van der Waals surface area contributed by atoms with E-state index >= 15 is 0 Å². The number of nitrogens with zero attached hydrogens (tertiary/aromatic N) is 1. The van der Waals surface area contributed by atoms with Gasteiger partial charge in [-0.15, -0.1) is 0 Å². The second-order valence-corrected chi connectivity index (χ2v) is 7.98. The molecule has 1 aromatic rings. The minimum Gasteiger partial charge on any atom is -0.324 e. The lowest BCUT2D eigenvalue weighted by atomic mass is 10.0. The Morgan fingerprint density at radius 1 is 1.38 bits per heavy atom. The van der Waals surface area contributed by atoms with Gasteiger partial charge in [0.1, 0.15) is 6.04 Å². The smallest absolute Gasteiger partial charge is 0.245 e. The molecule has 2 fully saturated rings. The van der Waals surface area contributed by atoms with E-state index in [1.165, 1.54) is 18.6 Å². The maximum absolute atomic E-state index is 12.9. The summed E-state index contributed by atoms with van der Waals surface area (Å²) in [6, 6.07) is 9.90. The third-order valence-corrected chi connectivity index (χ3v) is 6.11. The summed E-state index contributed by atoms with van der Waals surface area (Å²) in [6.07, 6.45) is 3.61. The lowest BCUT2D eigenvalue weighted by Crippen LogP contribution is -2.44. The molecule has 3 nitrogen and oxygen atoms in total. The van der Waals surface area contributed by atoms with Gasteiger partial charge < -0.3 is 4.90 Å². The highest BCUT2D eigenvalue weighted by atomic mass is 32.2. The Labute approximate surface area is 131 Å². The van der Waals surface area contributed by atoms with Crippen LogP contribution in [0.2, 0.25) is 0 Å². The molecule has 1 N–H and O–H groups in total. The normalized spacial score (nSPS) is 32.9. The summed E-state index contributed by atoms with van der Waals surface area (Å²) in [5.41, 5.74) is 1.08. The molecular formula is C17H24N2OS. The molecule has 3 unspecified atom stereocenters. The van der Waals surface area contributed by atoms with E-state index in [0.717, 1.165) is 18.5 Å². The van der Waals surface area contributed by atoms with Crippen molar-refractivity contribution < 1.29 is 4.79 Å². The Balaban J connectivity index is 1.78. The zero-order chi connectivity index (χ0) is 14.9. The number of amides is 1. The van der Waals surface area contributed by atoms with Crippen molar-refractivity contribution in [3.63, 3.8) is 0 Å². The molecule has 2 heterocycles. The average Bonchev–Trinajstić information content (AvgIpc) is 3.06. The van der Waals surface area contributed by atoms with Crippen LogP contribution in [0, 0.1) is 0 Å². The molecule has 0 spiro atoms. The van der Waals surface area contributed by atoms with Crippen LogP contribution in [-0.2, 0) is 4.79 Å². The van der Waals surface area contributed by atoms with E-state index in [9.17, 15) is 4.79 Å². The maximum atomic E-state index is 12.9. The number of thioether (sulfide) groups is 1. The third-order valence-electron chi connectivity index (χ3n) is 4.59. The standard InChI is InChI=1S/C17H24N2OS/c1-3-14-18-15(13-8-5-4-6-9-13)16(20)19(14)12-17(2)10-7-11-21-17/h4-6,8-9,14-15,18H,3,7,10-12H2,1-2H3. The molecule has 0 radical (unpaired) electrons. The molecular weight excluding hydrogens is 280 g/mol. The van der Waals surface area contributed by atoms with Gasteiger partial charge in [0.25, 0.3) is 0 Å². The van der Waals surface area contributed by atoms with Gasteiger partial charge in [-0.2, -0.15) is 11.8 Å². The van der Waals surface area contributed by atoms with Crippen molar-refractivity contribution in [1.82, 2.24) is 10.2 Å². The average molecular weight is 304 g/mol. The molecule has 3 rings (SSSR count). The highest BCUT2D eigenvalue weighted by molar-refractivity contribution is 8.00. The molecule has 2 saturated heterocycles. The first-order valence-corrected chi connectivity index (χ1v) is 8.87. The number of benzene rings is 1. The van der Waals surface area contributed by atoms with E-state index in [1.807, 2.05) is 42.1 Å². The van der Waals surface area contributed by atoms with Crippen LogP contribution in [-0.4, -0.2) is 34.0 Å². The van der Waals surface area contributed by atoms with Crippen LogP contribution in [0.5, 0.6) is 0 Å². The van der Waals surface area contributed by atoms with Crippen molar-refractivity contribution in [3.05, 3.63) is 35.9 Å². The predicted molar refractivity (Wildman–Crippen MR) is 88.2 cm³/mol. The molecule has 0 aliphatic carbocycles. The number of carbonyl (C=O) groups excluding carboxylic acids is 1. The number of hydrogen-bond acceptors (Lipinski definition) is 3. The first kappa shape index (κ1) is 14.9. The highest BCUT2D eigenvalue weighted by Gasteiger charge is 2.42. The van der Waals surface area contributed by atoms with Gasteiger partial charge in [0.05, 0.1) is 6.17 Å². The van der Waals surface area contributed by atoms with Crippen molar-refractivity contribution in [2.24, 2.45) is 0 Å². The monoisotopic (exact) mass is 304 g/mol. The van der Waals surface area contributed by atoms with Gasteiger partial charge in [0, 0.05) is 11.3 Å².